The fourth-order valence-electron chi connectivity index (χ4n) is 3.74. The molecule has 1 aromatic heterocycles. The number of hydrogen-bond donors (Lipinski definition) is 1. The third-order valence-electron chi connectivity index (χ3n) is 5.43. The number of carbonyl (C=O) groups excluding carboxylic acids is 1. The average molecular weight is 537 g/mol. The number of ether oxygens (including phenoxy) is 1. The van der Waals surface area contributed by atoms with Gasteiger partial charge < -0.3 is 9.30 Å². The third kappa shape index (κ3) is 5.98. The Morgan fingerprint density at radius 3 is 2.34 bits per heavy atom. The number of aryl methyl sites for hydroxylation is 1. The van der Waals surface area contributed by atoms with Crippen molar-refractivity contribution in [2.45, 2.75) is 26.8 Å². The van der Waals surface area contributed by atoms with E-state index in [2.05, 4.69) is 10.5 Å². The zero-order valence-corrected chi connectivity index (χ0v) is 22.2. The van der Waals surface area contributed by atoms with Crippen LogP contribution in [0.1, 0.15) is 23.9 Å². The molecule has 186 valence electrons. The Morgan fingerprint density at radius 1 is 1.11 bits per heavy atom. The zero-order chi connectivity index (χ0) is 25.9. The number of anilines is 1. The Morgan fingerprint density at radius 2 is 1.77 bits per heavy atom. The van der Waals surface area contributed by atoms with Gasteiger partial charge in [0, 0.05) is 22.6 Å². The van der Waals surface area contributed by atoms with E-state index in [1.807, 2.05) is 30.5 Å². The molecule has 11 heteroatoms. The van der Waals surface area contributed by atoms with Gasteiger partial charge in [-0.3, -0.25) is 9.10 Å². The van der Waals surface area contributed by atoms with Crippen molar-refractivity contribution in [2.24, 2.45) is 5.10 Å². The van der Waals surface area contributed by atoms with Crippen LogP contribution in [-0.2, 0) is 14.8 Å². The van der Waals surface area contributed by atoms with Crippen LogP contribution in [0.4, 0.5) is 5.69 Å². The number of nitrogens with zero attached hydrogens (tertiary/aromatic N) is 3. The summed E-state index contributed by atoms with van der Waals surface area (Å²) in [5.74, 6) is -0.0110. The van der Waals surface area contributed by atoms with Crippen LogP contribution in [0.2, 0.25) is 10.0 Å². The van der Waals surface area contributed by atoms with Crippen molar-refractivity contribution in [3.05, 3.63) is 75.5 Å². The van der Waals surface area contributed by atoms with Crippen molar-refractivity contribution in [3.63, 3.8) is 0 Å². The van der Waals surface area contributed by atoms with Gasteiger partial charge in [0.2, 0.25) is 10.0 Å². The minimum Gasteiger partial charge on any atom is -0.497 e. The maximum Gasteiger partial charge on any atom is 0.263 e. The van der Waals surface area contributed by atoms with E-state index in [9.17, 15) is 13.2 Å². The largest absolute Gasteiger partial charge is 0.497 e. The van der Waals surface area contributed by atoms with Crippen molar-refractivity contribution in [3.8, 4) is 11.4 Å². The number of nitrogens with one attached hydrogen (secondary N) is 1. The van der Waals surface area contributed by atoms with E-state index in [0.717, 1.165) is 33.2 Å². The maximum atomic E-state index is 12.8. The predicted molar refractivity (Wildman–Crippen MR) is 141 cm³/mol. The molecule has 0 aliphatic heterocycles. The Bertz CT molecular complexity index is 1370. The van der Waals surface area contributed by atoms with E-state index in [4.69, 9.17) is 27.9 Å². The summed E-state index contributed by atoms with van der Waals surface area (Å²) in [7, 11) is -2.24. The van der Waals surface area contributed by atoms with Gasteiger partial charge in [0.05, 0.1) is 35.3 Å². The number of methoxy groups -OCH3 is 1. The lowest BCUT2D eigenvalue weighted by Gasteiger charge is -2.27. The molecular weight excluding hydrogens is 511 g/mol. The van der Waals surface area contributed by atoms with E-state index in [0.29, 0.717) is 21.5 Å². The molecule has 0 fully saturated rings. The molecule has 0 aliphatic rings. The molecule has 35 heavy (non-hydrogen) atoms. The number of hydrazone groups is 1. The van der Waals surface area contributed by atoms with Crippen molar-refractivity contribution in [2.75, 3.05) is 17.7 Å². The summed E-state index contributed by atoms with van der Waals surface area (Å²) < 4.78 is 33.0. The molecule has 3 rings (SSSR count). The number of rotatable bonds is 8. The zero-order valence-electron chi connectivity index (χ0n) is 19.9. The van der Waals surface area contributed by atoms with Crippen LogP contribution >= 0.6 is 23.2 Å². The highest BCUT2D eigenvalue weighted by molar-refractivity contribution is 7.92. The van der Waals surface area contributed by atoms with Gasteiger partial charge >= 0.3 is 0 Å². The van der Waals surface area contributed by atoms with Gasteiger partial charge in [-0.2, -0.15) is 5.10 Å². The van der Waals surface area contributed by atoms with Crippen LogP contribution in [0.3, 0.4) is 0 Å². The molecule has 0 saturated carbocycles. The van der Waals surface area contributed by atoms with Crippen LogP contribution < -0.4 is 14.5 Å². The maximum absolute atomic E-state index is 12.8. The minimum atomic E-state index is -3.75. The first-order chi connectivity index (χ1) is 16.4. The van der Waals surface area contributed by atoms with Gasteiger partial charge in [0.15, 0.2) is 0 Å². The molecule has 0 radical (unpaired) electrons. The van der Waals surface area contributed by atoms with E-state index >= 15 is 0 Å². The first-order valence-corrected chi connectivity index (χ1v) is 13.1. The number of halogens is 2. The van der Waals surface area contributed by atoms with E-state index < -0.39 is 22.0 Å². The second-order valence-corrected chi connectivity index (χ2v) is 10.6. The van der Waals surface area contributed by atoms with Crippen molar-refractivity contribution in [1.29, 1.82) is 0 Å². The number of hydrogen-bond acceptors (Lipinski definition) is 5. The monoisotopic (exact) mass is 536 g/mol. The quantitative estimate of drug-likeness (QED) is 0.333. The number of aromatic nitrogens is 1. The Hall–Kier alpha value is -3.01. The molecule has 8 nitrogen and oxygen atoms in total. The molecule has 0 unspecified atom stereocenters. The molecule has 3 aromatic rings. The van der Waals surface area contributed by atoms with Gasteiger partial charge in [-0.15, -0.1) is 0 Å². The first-order valence-electron chi connectivity index (χ1n) is 10.5. The fraction of sp³-hybridized carbons (Fsp3) is 0.250. The SMILES string of the molecule is COc1ccc(N([C@H](C)C(=O)N/N=C\c2cc(C)n(-c3ccc(Cl)c(Cl)c3)c2C)S(C)(=O)=O)cc1. The summed E-state index contributed by atoms with van der Waals surface area (Å²) in [5, 5.41) is 4.97. The smallest absolute Gasteiger partial charge is 0.263 e. The number of amides is 1. The number of sulfonamides is 1. The molecule has 1 N–H and O–H groups in total. The number of benzene rings is 2. The predicted octanol–water partition coefficient (Wildman–Crippen LogP) is 4.71. The molecule has 1 heterocycles. The molecular formula is C24H26Cl2N4O4S. The lowest BCUT2D eigenvalue weighted by atomic mass is 10.2. The highest BCUT2D eigenvalue weighted by Gasteiger charge is 2.29. The summed E-state index contributed by atoms with van der Waals surface area (Å²) in [6, 6.07) is 12.6. The van der Waals surface area contributed by atoms with Gasteiger partial charge in [0.25, 0.3) is 5.91 Å². The third-order valence-corrected chi connectivity index (χ3v) is 7.41. The Kier molecular flexibility index (Phi) is 8.15. The van der Waals surface area contributed by atoms with Gasteiger partial charge in [-0.1, -0.05) is 23.2 Å². The topological polar surface area (TPSA) is 93.0 Å². The molecule has 0 saturated heterocycles. The normalized spacial score (nSPS) is 12.5. The Balaban J connectivity index is 1.79. The lowest BCUT2D eigenvalue weighted by molar-refractivity contribution is -0.121. The molecule has 1 amide bonds. The first kappa shape index (κ1) is 26.6. The summed E-state index contributed by atoms with van der Waals surface area (Å²) in [6.07, 6.45) is 2.56. The van der Waals surface area contributed by atoms with Gasteiger partial charge in [0.1, 0.15) is 11.8 Å². The van der Waals surface area contributed by atoms with E-state index in [-0.39, 0.29) is 0 Å². The van der Waals surface area contributed by atoms with Crippen LogP contribution in [-0.4, -0.2) is 44.5 Å². The van der Waals surface area contributed by atoms with E-state index in [1.54, 1.807) is 36.4 Å². The van der Waals surface area contributed by atoms with Crippen molar-refractivity contribution in [1.82, 2.24) is 9.99 Å². The summed E-state index contributed by atoms with van der Waals surface area (Å²) >= 11 is 12.2. The van der Waals surface area contributed by atoms with Gasteiger partial charge in [-0.05, 0) is 69.3 Å². The second kappa shape index (κ2) is 10.7. The molecule has 0 spiro atoms. The summed E-state index contributed by atoms with van der Waals surface area (Å²) in [4.78, 5) is 12.8. The second-order valence-electron chi connectivity index (χ2n) is 7.93. The summed E-state index contributed by atoms with van der Waals surface area (Å²) in [6.45, 7) is 5.34. The summed E-state index contributed by atoms with van der Waals surface area (Å²) in [5.41, 5.74) is 6.21. The van der Waals surface area contributed by atoms with Crippen LogP contribution in [0.5, 0.6) is 5.75 Å². The lowest BCUT2D eigenvalue weighted by Crippen LogP contribution is -2.46. The van der Waals surface area contributed by atoms with Crippen molar-refractivity contribution >= 4 is 51.0 Å². The van der Waals surface area contributed by atoms with Crippen LogP contribution in [0, 0.1) is 13.8 Å². The number of carbonyl (C=O) groups is 1. The molecule has 1 atom stereocenters. The molecule has 0 aliphatic carbocycles. The minimum absolute atomic E-state index is 0.338. The highest BCUT2D eigenvalue weighted by Crippen LogP contribution is 2.27. The van der Waals surface area contributed by atoms with Crippen LogP contribution in [0.25, 0.3) is 5.69 Å². The van der Waals surface area contributed by atoms with E-state index in [1.165, 1.54) is 20.2 Å². The highest BCUT2D eigenvalue weighted by atomic mass is 35.5. The average Bonchev–Trinajstić information content (AvgIpc) is 3.08. The molecule has 2 aromatic carbocycles. The molecule has 0 bridgehead atoms. The standard InChI is InChI=1S/C24H26Cl2N4O4S/c1-15-12-18(16(2)29(15)20-8-11-22(25)23(26)13-20)14-27-28-24(31)17(3)30(35(5,32)33)19-6-9-21(34-4)10-7-19/h6-14,17H,1-5H3,(H,28,31)/b27-14-/t17-/m1/s1. The fourth-order valence-corrected chi connectivity index (χ4v) is 5.20. The Labute approximate surface area is 215 Å². The van der Waals surface area contributed by atoms with Gasteiger partial charge in [-0.25, -0.2) is 13.8 Å². The van der Waals surface area contributed by atoms with Crippen molar-refractivity contribution < 1.29 is 17.9 Å². The van der Waals surface area contributed by atoms with Crippen LogP contribution in [0.15, 0.2) is 53.6 Å².